The van der Waals surface area contributed by atoms with Crippen molar-refractivity contribution >= 4 is 23.9 Å². The minimum atomic E-state index is -1.34. The minimum Gasteiger partial charge on any atom is -0.480 e. The first-order valence-electron chi connectivity index (χ1n) is 7.80. The van der Waals surface area contributed by atoms with Gasteiger partial charge >= 0.3 is 23.9 Å². The number of hydrogen-bond acceptors (Lipinski definition) is 10. The predicted octanol–water partition coefficient (Wildman–Crippen LogP) is -1.05. The molecule has 0 saturated carbocycles. The Morgan fingerprint density at radius 2 is 1.42 bits per heavy atom. The molecule has 1 aliphatic heterocycles. The average molecular weight is 377 g/mol. The Balaban J connectivity index is 3.09. The van der Waals surface area contributed by atoms with E-state index in [1.54, 1.807) is 0 Å². The lowest BCUT2D eigenvalue weighted by molar-refractivity contribution is -0.301. The summed E-state index contributed by atoms with van der Waals surface area (Å²) in [4.78, 5) is 45.1. The lowest BCUT2D eigenvalue weighted by Gasteiger charge is -2.43. The summed E-state index contributed by atoms with van der Waals surface area (Å²) in [5, 5.41) is 8.83. The molecule has 0 unspecified atom stereocenters. The number of carbonyl (C=O) groups excluding carboxylic acids is 3. The second kappa shape index (κ2) is 9.46. The van der Waals surface area contributed by atoms with Gasteiger partial charge in [-0.05, 0) is 6.92 Å². The highest BCUT2D eigenvalue weighted by Gasteiger charge is 2.51. The molecule has 1 rings (SSSR count). The summed E-state index contributed by atoms with van der Waals surface area (Å²) in [5.74, 6) is -3.40. The van der Waals surface area contributed by atoms with Crippen LogP contribution in [-0.4, -0.2) is 72.3 Å². The molecule has 0 aromatic heterocycles. The van der Waals surface area contributed by atoms with Crippen LogP contribution in [-0.2, 0) is 42.9 Å². The summed E-state index contributed by atoms with van der Waals surface area (Å²) in [6.45, 7) is 4.49. The van der Waals surface area contributed by atoms with Crippen molar-refractivity contribution in [2.75, 3.05) is 6.61 Å². The molecule has 0 spiro atoms. The van der Waals surface area contributed by atoms with E-state index >= 15 is 0 Å². The molecule has 0 radical (unpaired) electrons. The standard InChI is InChI=1S/C15H23NO10/c1-6-11(24-7(2)17)12(25-8(3)18)13(26-9(4)19)15(23-6)22-5-10(16)14(20)21/h6,10-13,15H,5,16H2,1-4H3,(H,20,21)/t6-,10-,11+,12+,13-,15-/m0/s1. The first kappa shape index (κ1) is 21.8. The zero-order chi connectivity index (χ0) is 20.0. The maximum atomic E-state index is 11.5. The third-order valence-electron chi connectivity index (χ3n) is 3.39. The lowest BCUT2D eigenvalue weighted by Crippen LogP contribution is -2.61. The number of nitrogens with two attached hydrogens (primary N) is 1. The van der Waals surface area contributed by atoms with Gasteiger partial charge in [-0.25, -0.2) is 0 Å². The van der Waals surface area contributed by atoms with E-state index in [0.717, 1.165) is 20.8 Å². The Kier molecular flexibility index (Phi) is 7.93. The highest BCUT2D eigenvalue weighted by molar-refractivity contribution is 5.73. The number of ether oxygens (including phenoxy) is 5. The van der Waals surface area contributed by atoms with E-state index in [1.165, 1.54) is 6.92 Å². The van der Waals surface area contributed by atoms with E-state index in [2.05, 4.69) is 0 Å². The van der Waals surface area contributed by atoms with Crippen LogP contribution in [0.15, 0.2) is 0 Å². The molecule has 26 heavy (non-hydrogen) atoms. The second-order valence-electron chi connectivity index (χ2n) is 5.71. The normalized spacial score (nSPS) is 29.3. The predicted molar refractivity (Wildman–Crippen MR) is 82.6 cm³/mol. The quantitative estimate of drug-likeness (QED) is 0.411. The van der Waals surface area contributed by atoms with Gasteiger partial charge in [0.1, 0.15) is 6.04 Å². The van der Waals surface area contributed by atoms with E-state index in [-0.39, 0.29) is 0 Å². The molecule has 0 aromatic rings. The van der Waals surface area contributed by atoms with E-state index in [1.807, 2.05) is 0 Å². The van der Waals surface area contributed by atoms with Crippen LogP contribution in [0.1, 0.15) is 27.7 Å². The van der Waals surface area contributed by atoms with Crippen molar-refractivity contribution in [1.82, 2.24) is 0 Å². The molecule has 1 saturated heterocycles. The van der Waals surface area contributed by atoms with Crippen molar-refractivity contribution in [2.24, 2.45) is 5.73 Å². The second-order valence-corrected chi connectivity index (χ2v) is 5.71. The number of hydrogen-bond donors (Lipinski definition) is 2. The summed E-state index contributed by atoms with van der Waals surface area (Å²) < 4.78 is 26.3. The third kappa shape index (κ3) is 6.24. The molecule has 11 nitrogen and oxygen atoms in total. The first-order chi connectivity index (χ1) is 12.0. The summed E-state index contributed by atoms with van der Waals surface area (Å²) in [6, 6.07) is -1.34. The van der Waals surface area contributed by atoms with Gasteiger partial charge in [0.15, 0.2) is 24.6 Å². The van der Waals surface area contributed by atoms with Gasteiger partial charge in [0, 0.05) is 20.8 Å². The molecular formula is C15H23NO10. The summed E-state index contributed by atoms with van der Waals surface area (Å²) >= 11 is 0. The van der Waals surface area contributed by atoms with Crippen molar-refractivity contribution in [3.05, 3.63) is 0 Å². The van der Waals surface area contributed by atoms with E-state index in [9.17, 15) is 19.2 Å². The molecule has 0 bridgehead atoms. The smallest absolute Gasteiger partial charge is 0.322 e. The maximum absolute atomic E-state index is 11.5. The fraction of sp³-hybridized carbons (Fsp3) is 0.733. The first-order valence-corrected chi connectivity index (χ1v) is 7.80. The highest BCUT2D eigenvalue weighted by Crippen LogP contribution is 2.29. The van der Waals surface area contributed by atoms with Crippen molar-refractivity contribution in [1.29, 1.82) is 0 Å². The zero-order valence-electron chi connectivity index (χ0n) is 14.9. The van der Waals surface area contributed by atoms with Gasteiger partial charge in [0.25, 0.3) is 0 Å². The van der Waals surface area contributed by atoms with Gasteiger partial charge in [-0.1, -0.05) is 0 Å². The largest absolute Gasteiger partial charge is 0.480 e. The molecule has 3 N–H and O–H groups in total. The molecule has 0 aliphatic carbocycles. The van der Waals surface area contributed by atoms with Crippen molar-refractivity contribution in [3.8, 4) is 0 Å². The van der Waals surface area contributed by atoms with Crippen LogP contribution in [0.5, 0.6) is 0 Å². The van der Waals surface area contributed by atoms with Crippen LogP contribution in [0.3, 0.4) is 0 Å². The number of aliphatic carboxylic acids is 1. The molecule has 148 valence electrons. The van der Waals surface area contributed by atoms with Crippen LogP contribution >= 0.6 is 0 Å². The molecular weight excluding hydrogens is 354 g/mol. The van der Waals surface area contributed by atoms with Crippen molar-refractivity contribution < 1.29 is 48.0 Å². The van der Waals surface area contributed by atoms with Gasteiger partial charge in [0.05, 0.1) is 12.7 Å². The summed E-state index contributed by atoms with van der Waals surface area (Å²) in [5.41, 5.74) is 5.38. The molecule has 6 atom stereocenters. The van der Waals surface area contributed by atoms with Crippen LogP contribution < -0.4 is 5.73 Å². The van der Waals surface area contributed by atoms with Gasteiger partial charge < -0.3 is 34.5 Å². The van der Waals surface area contributed by atoms with Gasteiger partial charge in [-0.3, -0.25) is 19.2 Å². The summed E-state index contributed by atoms with van der Waals surface area (Å²) in [6.07, 6.45) is -5.65. The fourth-order valence-electron chi connectivity index (χ4n) is 2.37. The lowest BCUT2D eigenvalue weighted by atomic mass is 9.99. The molecule has 0 aromatic carbocycles. The van der Waals surface area contributed by atoms with Gasteiger partial charge in [-0.15, -0.1) is 0 Å². The Bertz CT molecular complexity index is 551. The SMILES string of the molecule is CC(=O)O[C@H]1[C@H](OC(C)=O)[C@@H](OC[C@H](N)C(=O)O)O[C@@H](C)[C@H]1OC(C)=O. The molecule has 1 aliphatic rings. The summed E-state index contributed by atoms with van der Waals surface area (Å²) in [7, 11) is 0. The topological polar surface area (TPSA) is 161 Å². The minimum absolute atomic E-state index is 0.449. The van der Waals surface area contributed by atoms with Crippen LogP contribution in [0.2, 0.25) is 0 Å². The fourth-order valence-corrected chi connectivity index (χ4v) is 2.37. The molecule has 1 heterocycles. The third-order valence-corrected chi connectivity index (χ3v) is 3.39. The van der Waals surface area contributed by atoms with Gasteiger partial charge in [-0.2, -0.15) is 0 Å². The molecule has 1 fully saturated rings. The Labute approximate surface area is 149 Å². The van der Waals surface area contributed by atoms with Crippen molar-refractivity contribution in [2.45, 2.75) is 64.4 Å². The molecule has 0 amide bonds. The van der Waals surface area contributed by atoms with E-state index in [0.29, 0.717) is 0 Å². The number of carboxylic acid groups (broad SMARTS) is 1. The van der Waals surface area contributed by atoms with E-state index < -0.39 is 67.2 Å². The monoisotopic (exact) mass is 377 g/mol. The Morgan fingerprint density at radius 3 is 1.88 bits per heavy atom. The van der Waals surface area contributed by atoms with Crippen LogP contribution in [0.4, 0.5) is 0 Å². The van der Waals surface area contributed by atoms with Crippen LogP contribution in [0, 0.1) is 0 Å². The maximum Gasteiger partial charge on any atom is 0.322 e. The molecule has 11 heteroatoms. The van der Waals surface area contributed by atoms with Crippen LogP contribution in [0.25, 0.3) is 0 Å². The Hall–Kier alpha value is -2.24. The number of carbonyl (C=O) groups is 4. The zero-order valence-corrected chi connectivity index (χ0v) is 14.9. The Morgan fingerprint density at radius 1 is 0.962 bits per heavy atom. The highest BCUT2D eigenvalue weighted by atomic mass is 16.7. The van der Waals surface area contributed by atoms with E-state index in [4.69, 9.17) is 34.5 Å². The number of rotatable bonds is 7. The van der Waals surface area contributed by atoms with Crippen molar-refractivity contribution in [3.63, 3.8) is 0 Å². The number of carboxylic acids is 1. The average Bonchev–Trinajstić information content (AvgIpc) is 2.50. The van der Waals surface area contributed by atoms with Gasteiger partial charge in [0.2, 0.25) is 0 Å². The number of esters is 3.